The lowest BCUT2D eigenvalue weighted by atomic mass is 10.1. The topological polar surface area (TPSA) is 67.8 Å². The molecular weight excluding hydrogens is 354 g/mol. The molecule has 138 valence electrons. The molecule has 0 bridgehead atoms. The van der Waals surface area contributed by atoms with Crippen molar-refractivity contribution in [2.75, 3.05) is 33.5 Å². The van der Waals surface area contributed by atoms with Gasteiger partial charge in [-0.1, -0.05) is 35.9 Å². The fourth-order valence-electron chi connectivity index (χ4n) is 2.27. The van der Waals surface area contributed by atoms with Crippen molar-refractivity contribution in [3.05, 3.63) is 64.2 Å². The van der Waals surface area contributed by atoms with Crippen LogP contribution in [0.4, 0.5) is 0 Å². The predicted octanol–water partition coefficient (Wildman–Crippen LogP) is 3.26. The van der Waals surface area contributed by atoms with Gasteiger partial charge in [-0.05, 0) is 35.9 Å². The summed E-state index contributed by atoms with van der Waals surface area (Å²) in [5.41, 5.74) is 2.32. The van der Waals surface area contributed by atoms with Crippen molar-refractivity contribution in [1.29, 1.82) is 0 Å². The molecule has 5 nitrogen and oxygen atoms in total. The molecule has 2 rings (SSSR count). The van der Waals surface area contributed by atoms with E-state index in [2.05, 4.69) is 5.32 Å². The van der Waals surface area contributed by atoms with Gasteiger partial charge < -0.3 is 19.9 Å². The third-order valence-corrected chi connectivity index (χ3v) is 3.84. The highest BCUT2D eigenvalue weighted by molar-refractivity contribution is 6.30. The number of aliphatic hydroxyl groups is 1. The Hall–Kier alpha value is -2.34. The van der Waals surface area contributed by atoms with Crippen LogP contribution >= 0.6 is 11.6 Å². The number of nitrogens with one attached hydrogen (secondary N) is 1. The van der Waals surface area contributed by atoms with E-state index in [0.29, 0.717) is 29.5 Å². The first kappa shape index (κ1) is 20.0. The van der Waals surface area contributed by atoms with Gasteiger partial charge in [0, 0.05) is 22.7 Å². The Morgan fingerprint density at radius 3 is 2.62 bits per heavy atom. The molecule has 2 aromatic carbocycles. The number of methoxy groups -OCH3 is 1. The Kier molecular flexibility index (Phi) is 8.15. The summed E-state index contributed by atoms with van der Waals surface area (Å²) < 4.78 is 10.5. The molecule has 0 aliphatic heterocycles. The molecule has 0 spiro atoms. The molecule has 1 amide bonds. The molecule has 0 saturated carbocycles. The summed E-state index contributed by atoms with van der Waals surface area (Å²) >= 11 is 5.89. The number of hydrogen-bond donors (Lipinski definition) is 2. The second-order valence-electron chi connectivity index (χ2n) is 5.43. The molecule has 0 unspecified atom stereocenters. The van der Waals surface area contributed by atoms with Gasteiger partial charge in [0.25, 0.3) is 5.91 Å². The fourth-order valence-corrected chi connectivity index (χ4v) is 2.40. The molecule has 26 heavy (non-hydrogen) atoms. The highest BCUT2D eigenvalue weighted by Gasteiger charge is 2.08. The zero-order chi connectivity index (χ0) is 18.8. The van der Waals surface area contributed by atoms with Crippen molar-refractivity contribution < 1.29 is 19.4 Å². The van der Waals surface area contributed by atoms with Crippen LogP contribution in [0.2, 0.25) is 5.02 Å². The average molecular weight is 376 g/mol. The van der Waals surface area contributed by atoms with Crippen molar-refractivity contribution in [1.82, 2.24) is 5.32 Å². The second-order valence-corrected chi connectivity index (χ2v) is 5.87. The van der Waals surface area contributed by atoms with Crippen molar-refractivity contribution in [2.45, 2.75) is 0 Å². The summed E-state index contributed by atoms with van der Waals surface area (Å²) in [7, 11) is 1.59. The van der Waals surface area contributed by atoms with E-state index < -0.39 is 0 Å². The number of aliphatic hydroxyl groups excluding tert-OH is 1. The van der Waals surface area contributed by atoms with Crippen LogP contribution in [0.5, 0.6) is 5.75 Å². The molecule has 6 heteroatoms. The van der Waals surface area contributed by atoms with Crippen LogP contribution in [-0.4, -0.2) is 44.5 Å². The number of carbonyl (C=O) groups is 1. The number of benzene rings is 2. The molecule has 0 aliphatic carbocycles. The van der Waals surface area contributed by atoms with Crippen LogP contribution in [0.15, 0.2) is 42.5 Å². The Labute approximate surface area is 158 Å². The number of carbonyl (C=O) groups excluding carboxylic acids is 1. The quantitative estimate of drug-likeness (QED) is 0.521. The number of ether oxygens (including phenoxy) is 2. The third kappa shape index (κ3) is 6.19. The molecule has 0 saturated heterocycles. The van der Waals surface area contributed by atoms with E-state index in [4.69, 9.17) is 26.2 Å². The van der Waals surface area contributed by atoms with Crippen molar-refractivity contribution >= 4 is 29.7 Å². The van der Waals surface area contributed by atoms with Gasteiger partial charge in [0.1, 0.15) is 5.75 Å². The lowest BCUT2D eigenvalue weighted by Crippen LogP contribution is -2.27. The first-order valence-corrected chi connectivity index (χ1v) is 8.60. The Morgan fingerprint density at radius 2 is 1.92 bits per heavy atom. The first-order chi connectivity index (χ1) is 12.6. The first-order valence-electron chi connectivity index (χ1n) is 8.22. The smallest absolute Gasteiger partial charge is 0.251 e. The van der Waals surface area contributed by atoms with E-state index in [9.17, 15) is 4.79 Å². The fraction of sp³-hybridized carbons (Fsp3) is 0.250. The van der Waals surface area contributed by atoms with E-state index in [-0.39, 0.29) is 19.1 Å². The minimum absolute atomic E-state index is 0.0320. The third-order valence-electron chi connectivity index (χ3n) is 3.58. The van der Waals surface area contributed by atoms with E-state index in [0.717, 1.165) is 11.1 Å². The lowest BCUT2D eigenvalue weighted by molar-refractivity contribution is 0.0838. The second kappa shape index (κ2) is 10.6. The van der Waals surface area contributed by atoms with Gasteiger partial charge in [-0.3, -0.25) is 4.79 Å². The number of rotatable bonds is 9. The maximum absolute atomic E-state index is 12.2. The summed E-state index contributed by atoms with van der Waals surface area (Å²) in [5.74, 6) is 0.486. The lowest BCUT2D eigenvalue weighted by Gasteiger charge is -2.09. The molecule has 0 aliphatic rings. The molecule has 0 fully saturated rings. The number of halogens is 1. The van der Waals surface area contributed by atoms with Gasteiger partial charge in [0.2, 0.25) is 0 Å². The van der Waals surface area contributed by atoms with Crippen LogP contribution in [0.1, 0.15) is 21.5 Å². The SMILES string of the molecule is COc1ccc(C(=O)NCCOCCO)cc1/C=C/c1ccc(Cl)cc1. The van der Waals surface area contributed by atoms with Crippen LogP contribution < -0.4 is 10.1 Å². The summed E-state index contributed by atoms with van der Waals surface area (Å²) in [6.07, 6.45) is 3.82. The molecule has 0 radical (unpaired) electrons. The highest BCUT2D eigenvalue weighted by Crippen LogP contribution is 2.23. The monoisotopic (exact) mass is 375 g/mol. The summed E-state index contributed by atoms with van der Waals surface area (Å²) in [6, 6.07) is 12.7. The van der Waals surface area contributed by atoms with Crippen molar-refractivity contribution in [3.8, 4) is 5.75 Å². The van der Waals surface area contributed by atoms with E-state index in [1.165, 1.54) is 0 Å². The van der Waals surface area contributed by atoms with E-state index >= 15 is 0 Å². The number of hydrogen-bond acceptors (Lipinski definition) is 4. The summed E-state index contributed by atoms with van der Waals surface area (Å²) in [4.78, 5) is 12.2. The van der Waals surface area contributed by atoms with Crippen molar-refractivity contribution in [3.63, 3.8) is 0 Å². The molecule has 2 N–H and O–H groups in total. The number of amides is 1. The summed E-state index contributed by atoms with van der Waals surface area (Å²) in [6.45, 7) is 0.959. The van der Waals surface area contributed by atoms with Crippen LogP contribution in [0, 0.1) is 0 Å². The van der Waals surface area contributed by atoms with E-state index in [1.807, 2.05) is 36.4 Å². The van der Waals surface area contributed by atoms with Gasteiger partial charge in [0.05, 0.1) is 26.9 Å². The Morgan fingerprint density at radius 1 is 1.15 bits per heavy atom. The highest BCUT2D eigenvalue weighted by atomic mass is 35.5. The molecule has 0 aromatic heterocycles. The zero-order valence-corrected chi connectivity index (χ0v) is 15.3. The van der Waals surface area contributed by atoms with Crippen LogP contribution in [0.25, 0.3) is 12.2 Å². The maximum atomic E-state index is 12.2. The van der Waals surface area contributed by atoms with Gasteiger partial charge in [0.15, 0.2) is 0 Å². The maximum Gasteiger partial charge on any atom is 0.251 e. The minimum atomic E-state index is -0.193. The minimum Gasteiger partial charge on any atom is -0.496 e. The molecular formula is C20H22ClNO4. The molecule has 2 aromatic rings. The normalized spacial score (nSPS) is 10.9. The largest absolute Gasteiger partial charge is 0.496 e. The standard InChI is InChI=1S/C20H22ClNO4/c1-25-19-9-6-17(20(24)22-10-12-26-13-11-23)14-16(19)5-2-15-3-7-18(21)8-4-15/h2-9,14,23H,10-13H2,1H3,(H,22,24)/b5-2+. The molecule has 0 atom stereocenters. The van der Waals surface area contributed by atoms with Gasteiger partial charge in [-0.2, -0.15) is 0 Å². The van der Waals surface area contributed by atoms with Gasteiger partial charge >= 0.3 is 0 Å². The van der Waals surface area contributed by atoms with Crippen LogP contribution in [0.3, 0.4) is 0 Å². The van der Waals surface area contributed by atoms with Gasteiger partial charge in [-0.25, -0.2) is 0 Å². The zero-order valence-electron chi connectivity index (χ0n) is 14.6. The van der Waals surface area contributed by atoms with E-state index in [1.54, 1.807) is 25.3 Å². The Bertz CT molecular complexity index is 744. The predicted molar refractivity (Wildman–Crippen MR) is 104 cm³/mol. The Balaban J connectivity index is 2.07. The van der Waals surface area contributed by atoms with Crippen molar-refractivity contribution in [2.24, 2.45) is 0 Å². The molecule has 0 heterocycles. The van der Waals surface area contributed by atoms with Gasteiger partial charge in [-0.15, -0.1) is 0 Å². The summed E-state index contributed by atoms with van der Waals surface area (Å²) in [5, 5.41) is 12.1. The van der Waals surface area contributed by atoms with Crippen LogP contribution in [-0.2, 0) is 4.74 Å². The average Bonchev–Trinajstić information content (AvgIpc) is 2.67.